The quantitative estimate of drug-likeness (QED) is 0.641. The van der Waals surface area contributed by atoms with Gasteiger partial charge in [0.1, 0.15) is 0 Å². The van der Waals surface area contributed by atoms with Crippen molar-refractivity contribution in [3.8, 4) is 0 Å². The Morgan fingerprint density at radius 1 is 1.15 bits per heavy atom. The Balaban J connectivity index is 0.00000364. The molecular weight excluding hydrogens is 385 g/mol. The van der Waals surface area contributed by atoms with Gasteiger partial charge in [-0.25, -0.2) is 0 Å². The number of benzene rings is 2. The Morgan fingerprint density at radius 3 is 2.41 bits per heavy atom. The molecule has 0 aliphatic rings. The lowest BCUT2D eigenvalue weighted by Gasteiger charge is -2.20. The van der Waals surface area contributed by atoms with Gasteiger partial charge in [-0.15, -0.1) is 12.4 Å². The average Bonchev–Trinajstić information content (AvgIpc) is 2.65. The number of hydrogen-bond donors (Lipinski definition) is 3. The van der Waals surface area contributed by atoms with Crippen molar-refractivity contribution in [1.29, 1.82) is 0 Å². The molecule has 27 heavy (non-hydrogen) atoms. The van der Waals surface area contributed by atoms with Gasteiger partial charge in [-0.2, -0.15) is 0 Å². The van der Waals surface area contributed by atoms with E-state index in [1.165, 1.54) is 0 Å². The van der Waals surface area contributed by atoms with Crippen LogP contribution in [0.25, 0.3) is 0 Å². The number of anilines is 1. The maximum Gasteiger partial charge on any atom is 0.252 e. The summed E-state index contributed by atoms with van der Waals surface area (Å²) in [5.41, 5.74) is 8.00. The number of amides is 2. The van der Waals surface area contributed by atoms with Crippen LogP contribution in [-0.2, 0) is 4.79 Å². The lowest BCUT2D eigenvalue weighted by atomic mass is 9.94. The van der Waals surface area contributed by atoms with Crippen LogP contribution in [0.3, 0.4) is 0 Å². The van der Waals surface area contributed by atoms with Crippen LogP contribution in [-0.4, -0.2) is 18.4 Å². The largest absolute Gasteiger partial charge is 0.352 e. The van der Waals surface area contributed by atoms with Crippen molar-refractivity contribution in [1.82, 2.24) is 5.32 Å². The molecule has 0 fully saturated rings. The fraction of sp³-hybridized carbons (Fsp3) is 0.300. The Hall–Kier alpha value is -2.08. The van der Waals surface area contributed by atoms with Crippen molar-refractivity contribution in [3.63, 3.8) is 0 Å². The van der Waals surface area contributed by atoms with Crippen LogP contribution in [0.15, 0.2) is 48.5 Å². The molecule has 2 atom stereocenters. The molecule has 0 saturated heterocycles. The highest BCUT2D eigenvalue weighted by Crippen LogP contribution is 2.24. The zero-order chi connectivity index (χ0) is 19.1. The summed E-state index contributed by atoms with van der Waals surface area (Å²) in [4.78, 5) is 24.5. The number of nitrogens with two attached hydrogens (primary N) is 1. The lowest BCUT2D eigenvalue weighted by molar-refractivity contribution is -0.120. The van der Waals surface area contributed by atoms with Gasteiger partial charge >= 0.3 is 0 Å². The Bertz CT molecular complexity index is 769. The topological polar surface area (TPSA) is 84.2 Å². The molecule has 0 bridgehead atoms. The van der Waals surface area contributed by atoms with E-state index >= 15 is 0 Å². The van der Waals surface area contributed by atoms with E-state index < -0.39 is 12.0 Å². The van der Waals surface area contributed by atoms with E-state index in [4.69, 9.17) is 17.3 Å². The Labute approximate surface area is 171 Å². The van der Waals surface area contributed by atoms with Crippen LogP contribution in [0.2, 0.25) is 5.02 Å². The van der Waals surface area contributed by atoms with E-state index in [1.807, 2.05) is 37.3 Å². The molecule has 7 heteroatoms. The zero-order valence-corrected chi connectivity index (χ0v) is 16.9. The molecular formula is C20H25Cl2N3O2. The minimum Gasteiger partial charge on any atom is -0.352 e. The Kier molecular flexibility index (Phi) is 9.29. The molecule has 2 aromatic rings. The molecule has 0 aliphatic carbocycles. The highest BCUT2D eigenvalue weighted by molar-refractivity contribution is 6.34. The molecule has 4 N–H and O–H groups in total. The highest BCUT2D eigenvalue weighted by Gasteiger charge is 2.22. The second-order valence-electron chi connectivity index (χ2n) is 6.16. The molecule has 0 heterocycles. The van der Waals surface area contributed by atoms with Gasteiger partial charge in [0, 0.05) is 18.3 Å². The van der Waals surface area contributed by atoms with E-state index in [0.29, 0.717) is 17.8 Å². The van der Waals surface area contributed by atoms with E-state index in [-0.39, 0.29) is 29.2 Å². The molecule has 2 unspecified atom stereocenters. The molecule has 0 saturated carbocycles. The monoisotopic (exact) mass is 409 g/mol. The van der Waals surface area contributed by atoms with E-state index in [9.17, 15) is 9.59 Å². The van der Waals surface area contributed by atoms with Crippen LogP contribution in [0.4, 0.5) is 5.69 Å². The first-order chi connectivity index (χ1) is 12.4. The summed E-state index contributed by atoms with van der Waals surface area (Å²) in [6.45, 7) is 4.34. The van der Waals surface area contributed by atoms with Crippen molar-refractivity contribution in [2.24, 2.45) is 11.7 Å². The fourth-order valence-electron chi connectivity index (χ4n) is 2.49. The summed E-state index contributed by atoms with van der Waals surface area (Å²) >= 11 is 6.19. The van der Waals surface area contributed by atoms with Crippen molar-refractivity contribution in [3.05, 3.63) is 64.7 Å². The lowest BCUT2D eigenvalue weighted by Crippen LogP contribution is -2.30. The van der Waals surface area contributed by atoms with Gasteiger partial charge in [0.15, 0.2) is 0 Å². The van der Waals surface area contributed by atoms with Crippen molar-refractivity contribution < 1.29 is 9.59 Å². The van der Waals surface area contributed by atoms with Crippen LogP contribution in [0, 0.1) is 5.92 Å². The van der Waals surface area contributed by atoms with E-state index in [1.54, 1.807) is 25.1 Å². The minimum absolute atomic E-state index is 0. The predicted molar refractivity (Wildman–Crippen MR) is 112 cm³/mol. The summed E-state index contributed by atoms with van der Waals surface area (Å²) < 4.78 is 0. The highest BCUT2D eigenvalue weighted by atomic mass is 35.5. The third kappa shape index (κ3) is 6.24. The third-order valence-electron chi connectivity index (χ3n) is 4.15. The number of hydrogen-bond acceptors (Lipinski definition) is 3. The van der Waals surface area contributed by atoms with Gasteiger partial charge < -0.3 is 16.4 Å². The maximum atomic E-state index is 12.5. The predicted octanol–water partition coefficient (Wildman–Crippen LogP) is 4.18. The van der Waals surface area contributed by atoms with E-state index in [0.717, 1.165) is 12.0 Å². The number of nitrogens with one attached hydrogen (secondary N) is 2. The second-order valence-corrected chi connectivity index (χ2v) is 6.57. The molecule has 0 aromatic heterocycles. The van der Waals surface area contributed by atoms with Gasteiger partial charge in [0.05, 0.1) is 16.5 Å². The number of rotatable bonds is 7. The SMILES string of the molecule is CCCNC(=O)c1ccc(NC(=O)C(C)C(N)c2ccccc2)cc1Cl.Cl. The minimum atomic E-state index is -0.427. The standard InChI is InChI=1S/C20H24ClN3O2.ClH/c1-3-11-23-20(26)16-10-9-15(12-17(16)21)24-19(25)13(2)18(22)14-7-5-4-6-8-14;/h4-10,12-13,18H,3,11,22H2,1-2H3,(H,23,26)(H,24,25);1H. The van der Waals surface area contributed by atoms with Crippen molar-refractivity contribution >= 4 is 41.5 Å². The normalized spacial score (nSPS) is 12.4. The molecule has 2 rings (SSSR count). The van der Waals surface area contributed by atoms with Crippen LogP contribution < -0.4 is 16.4 Å². The van der Waals surface area contributed by atoms with Gasteiger partial charge in [-0.1, -0.05) is 55.8 Å². The number of carbonyl (C=O) groups excluding carboxylic acids is 2. The van der Waals surface area contributed by atoms with Crippen molar-refractivity contribution in [2.45, 2.75) is 26.3 Å². The summed E-state index contributed by atoms with van der Waals surface area (Å²) in [6.07, 6.45) is 0.844. The molecule has 2 aromatic carbocycles. The fourth-order valence-corrected chi connectivity index (χ4v) is 2.76. The first-order valence-corrected chi connectivity index (χ1v) is 9.01. The van der Waals surface area contributed by atoms with Crippen LogP contribution >= 0.6 is 24.0 Å². The molecule has 146 valence electrons. The summed E-state index contributed by atoms with van der Waals surface area (Å²) in [6, 6.07) is 13.9. The van der Waals surface area contributed by atoms with Crippen molar-refractivity contribution in [2.75, 3.05) is 11.9 Å². The zero-order valence-electron chi connectivity index (χ0n) is 15.4. The number of carbonyl (C=O) groups is 2. The molecule has 5 nitrogen and oxygen atoms in total. The summed E-state index contributed by atoms with van der Waals surface area (Å²) in [7, 11) is 0. The Morgan fingerprint density at radius 2 is 1.81 bits per heavy atom. The molecule has 0 spiro atoms. The van der Waals surface area contributed by atoms with Crippen LogP contribution in [0.1, 0.15) is 42.2 Å². The maximum absolute atomic E-state index is 12.5. The number of halogens is 2. The second kappa shape index (κ2) is 10.9. The van der Waals surface area contributed by atoms with Crippen LogP contribution in [0.5, 0.6) is 0 Å². The smallest absolute Gasteiger partial charge is 0.252 e. The summed E-state index contributed by atoms with van der Waals surface area (Å²) in [5.74, 6) is -0.862. The summed E-state index contributed by atoms with van der Waals surface area (Å²) in [5, 5.41) is 5.87. The molecule has 0 radical (unpaired) electrons. The van der Waals surface area contributed by atoms with Gasteiger partial charge in [-0.05, 0) is 30.2 Å². The van der Waals surface area contributed by atoms with Gasteiger partial charge in [-0.3, -0.25) is 9.59 Å². The van der Waals surface area contributed by atoms with Gasteiger partial charge in [0.25, 0.3) is 5.91 Å². The van der Waals surface area contributed by atoms with Gasteiger partial charge in [0.2, 0.25) is 5.91 Å². The van der Waals surface area contributed by atoms with E-state index in [2.05, 4.69) is 10.6 Å². The average molecular weight is 410 g/mol. The third-order valence-corrected chi connectivity index (χ3v) is 4.47. The first kappa shape index (κ1) is 23.0. The molecule has 2 amide bonds. The molecule has 0 aliphatic heterocycles. The first-order valence-electron chi connectivity index (χ1n) is 8.63.